The summed E-state index contributed by atoms with van der Waals surface area (Å²) >= 11 is 4.38. The van der Waals surface area contributed by atoms with Crippen molar-refractivity contribution >= 4 is 30.2 Å². The minimum atomic E-state index is -0.301. The van der Waals surface area contributed by atoms with Crippen molar-refractivity contribution in [3.8, 4) is 17.2 Å². The normalized spacial score (nSPS) is 10.6. The molecule has 1 N–H and O–H groups in total. The highest BCUT2D eigenvalue weighted by molar-refractivity contribution is 7.79. The van der Waals surface area contributed by atoms with Crippen molar-refractivity contribution in [3.05, 3.63) is 47.5 Å². The Bertz CT molecular complexity index is 866. The van der Waals surface area contributed by atoms with Gasteiger partial charge >= 0.3 is 5.97 Å². The number of anilines is 1. The Kier molecular flexibility index (Phi) is 8.39. The van der Waals surface area contributed by atoms with E-state index in [1.54, 1.807) is 44.4 Å². The third-order valence-electron chi connectivity index (χ3n) is 4.12. The lowest BCUT2D eigenvalue weighted by Crippen LogP contribution is -2.17. The zero-order valence-electron chi connectivity index (χ0n) is 17.2. The average Bonchev–Trinajstić information content (AvgIpc) is 2.69. The fraction of sp³-hybridized carbons (Fsp3) is 0.364. The third kappa shape index (κ3) is 6.42. The lowest BCUT2D eigenvalue weighted by Gasteiger charge is -2.16. The highest BCUT2D eigenvalue weighted by atomic mass is 32.1. The SMILES string of the molecule is CCOC(=O)Cc1ccc(OC)c(Oc2ccc(NC(=O)C(C)C)cc2CS)c1. The first-order valence-electron chi connectivity index (χ1n) is 9.43. The molecular formula is C22H27NO5S. The molecule has 0 atom stereocenters. The lowest BCUT2D eigenvalue weighted by atomic mass is 10.1. The van der Waals surface area contributed by atoms with Crippen LogP contribution in [0.4, 0.5) is 5.69 Å². The minimum absolute atomic E-state index is 0.0582. The van der Waals surface area contributed by atoms with Crippen molar-refractivity contribution in [1.29, 1.82) is 0 Å². The summed E-state index contributed by atoms with van der Waals surface area (Å²) in [5.74, 6) is 1.56. The number of nitrogens with one attached hydrogen (secondary N) is 1. The molecule has 0 bridgehead atoms. The number of hydrogen-bond acceptors (Lipinski definition) is 6. The number of esters is 1. The maximum atomic E-state index is 11.9. The van der Waals surface area contributed by atoms with Crippen molar-refractivity contribution < 1.29 is 23.8 Å². The van der Waals surface area contributed by atoms with Gasteiger partial charge in [-0.15, -0.1) is 0 Å². The van der Waals surface area contributed by atoms with Gasteiger partial charge in [0.15, 0.2) is 11.5 Å². The second-order valence-electron chi connectivity index (χ2n) is 6.69. The molecule has 0 saturated carbocycles. The van der Waals surface area contributed by atoms with E-state index in [1.807, 2.05) is 19.9 Å². The molecule has 0 aliphatic heterocycles. The quantitative estimate of drug-likeness (QED) is 0.460. The van der Waals surface area contributed by atoms with Crippen LogP contribution in [0.15, 0.2) is 36.4 Å². The van der Waals surface area contributed by atoms with Gasteiger partial charge in [0.2, 0.25) is 5.91 Å². The largest absolute Gasteiger partial charge is 0.493 e. The molecule has 0 spiro atoms. The zero-order chi connectivity index (χ0) is 21.4. The third-order valence-corrected chi connectivity index (χ3v) is 4.47. The molecule has 1 amide bonds. The average molecular weight is 418 g/mol. The summed E-state index contributed by atoms with van der Waals surface area (Å²) in [4.78, 5) is 23.7. The van der Waals surface area contributed by atoms with E-state index in [2.05, 4.69) is 17.9 Å². The summed E-state index contributed by atoms with van der Waals surface area (Å²) in [5, 5.41) is 2.87. The monoisotopic (exact) mass is 417 g/mol. The molecule has 0 unspecified atom stereocenters. The predicted octanol–water partition coefficient (Wildman–Crippen LogP) is 4.62. The maximum Gasteiger partial charge on any atom is 0.310 e. The van der Waals surface area contributed by atoms with E-state index < -0.39 is 0 Å². The van der Waals surface area contributed by atoms with Gasteiger partial charge in [-0.3, -0.25) is 9.59 Å². The summed E-state index contributed by atoms with van der Waals surface area (Å²) in [6, 6.07) is 10.7. The fourth-order valence-corrected chi connectivity index (χ4v) is 2.82. The van der Waals surface area contributed by atoms with Crippen LogP contribution in [0.5, 0.6) is 17.2 Å². The summed E-state index contributed by atoms with van der Waals surface area (Å²) in [6.45, 7) is 5.78. The number of thiol groups is 1. The number of carbonyl (C=O) groups excluding carboxylic acids is 2. The van der Waals surface area contributed by atoms with Gasteiger partial charge in [-0.05, 0) is 42.8 Å². The van der Waals surface area contributed by atoms with E-state index in [1.165, 1.54) is 0 Å². The first kappa shape index (κ1) is 22.6. The second-order valence-corrected chi connectivity index (χ2v) is 7.01. The number of rotatable bonds is 9. The number of amides is 1. The van der Waals surface area contributed by atoms with Crippen molar-refractivity contribution in [2.45, 2.75) is 32.9 Å². The van der Waals surface area contributed by atoms with Crippen LogP contribution >= 0.6 is 12.6 Å². The molecule has 0 aliphatic rings. The summed E-state index contributed by atoms with van der Waals surface area (Å²) < 4.78 is 16.5. The van der Waals surface area contributed by atoms with Crippen LogP contribution in [-0.2, 0) is 26.5 Å². The Morgan fingerprint density at radius 1 is 1.07 bits per heavy atom. The van der Waals surface area contributed by atoms with Crippen LogP contribution in [0.2, 0.25) is 0 Å². The number of methoxy groups -OCH3 is 1. The van der Waals surface area contributed by atoms with Crippen molar-refractivity contribution in [2.75, 3.05) is 19.0 Å². The Labute approximate surface area is 177 Å². The van der Waals surface area contributed by atoms with Gasteiger partial charge in [-0.25, -0.2) is 0 Å². The van der Waals surface area contributed by atoms with Gasteiger partial charge in [0.25, 0.3) is 0 Å². The summed E-state index contributed by atoms with van der Waals surface area (Å²) in [6.07, 6.45) is 0.147. The number of ether oxygens (including phenoxy) is 3. The van der Waals surface area contributed by atoms with Crippen molar-refractivity contribution in [3.63, 3.8) is 0 Å². The second kappa shape index (κ2) is 10.8. The molecule has 7 heteroatoms. The molecule has 0 aromatic heterocycles. The molecule has 0 aliphatic carbocycles. The topological polar surface area (TPSA) is 73.9 Å². The van der Waals surface area contributed by atoms with Crippen LogP contribution in [0.25, 0.3) is 0 Å². The molecular weight excluding hydrogens is 390 g/mol. The van der Waals surface area contributed by atoms with E-state index in [0.29, 0.717) is 35.3 Å². The van der Waals surface area contributed by atoms with E-state index >= 15 is 0 Å². The van der Waals surface area contributed by atoms with Crippen LogP contribution in [0, 0.1) is 5.92 Å². The smallest absolute Gasteiger partial charge is 0.310 e. The van der Waals surface area contributed by atoms with E-state index in [0.717, 1.165) is 11.1 Å². The number of hydrogen-bond donors (Lipinski definition) is 2. The first-order valence-corrected chi connectivity index (χ1v) is 10.1. The van der Waals surface area contributed by atoms with E-state index in [-0.39, 0.29) is 24.2 Å². The molecule has 0 heterocycles. The minimum Gasteiger partial charge on any atom is -0.493 e. The van der Waals surface area contributed by atoms with E-state index in [4.69, 9.17) is 14.2 Å². The van der Waals surface area contributed by atoms with Gasteiger partial charge in [0, 0.05) is 22.9 Å². The highest BCUT2D eigenvalue weighted by Crippen LogP contribution is 2.35. The van der Waals surface area contributed by atoms with E-state index in [9.17, 15) is 9.59 Å². The van der Waals surface area contributed by atoms with Crippen molar-refractivity contribution in [1.82, 2.24) is 0 Å². The summed E-state index contributed by atoms with van der Waals surface area (Å²) in [7, 11) is 1.55. The van der Waals surface area contributed by atoms with Gasteiger partial charge in [0.05, 0.1) is 20.1 Å². The molecule has 0 fully saturated rings. The van der Waals surface area contributed by atoms with Crippen molar-refractivity contribution in [2.24, 2.45) is 5.92 Å². The fourth-order valence-electron chi connectivity index (χ4n) is 2.57. The van der Waals surface area contributed by atoms with Crippen LogP contribution in [0.3, 0.4) is 0 Å². The van der Waals surface area contributed by atoms with Crippen LogP contribution in [0.1, 0.15) is 31.9 Å². The molecule has 6 nitrogen and oxygen atoms in total. The van der Waals surface area contributed by atoms with Crippen LogP contribution in [-0.4, -0.2) is 25.6 Å². The lowest BCUT2D eigenvalue weighted by molar-refractivity contribution is -0.142. The molecule has 2 rings (SSSR count). The Hall–Kier alpha value is -2.67. The Balaban J connectivity index is 2.27. The maximum absolute atomic E-state index is 11.9. The van der Waals surface area contributed by atoms with Gasteiger partial charge in [-0.2, -0.15) is 12.6 Å². The number of carbonyl (C=O) groups is 2. The van der Waals surface area contributed by atoms with Gasteiger partial charge in [0.1, 0.15) is 5.75 Å². The first-order chi connectivity index (χ1) is 13.9. The molecule has 156 valence electrons. The molecule has 0 radical (unpaired) electrons. The Morgan fingerprint density at radius 3 is 2.41 bits per heavy atom. The predicted molar refractivity (Wildman–Crippen MR) is 116 cm³/mol. The van der Waals surface area contributed by atoms with Gasteiger partial charge < -0.3 is 19.5 Å². The highest BCUT2D eigenvalue weighted by Gasteiger charge is 2.14. The molecule has 2 aromatic rings. The summed E-state index contributed by atoms with van der Waals surface area (Å²) in [5.41, 5.74) is 2.25. The molecule has 2 aromatic carbocycles. The zero-order valence-corrected chi connectivity index (χ0v) is 18.0. The molecule has 0 saturated heterocycles. The molecule has 29 heavy (non-hydrogen) atoms. The van der Waals surface area contributed by atoms with Gasteiger partial charge in [-0.1, -0.05) is 19.9 Å². The Morgan fingerprint density at radius 2 is 1.79 bits per heavy atom. The standard InChI is InChI=1S/C22H27NO5S/c1-5-27-21(24)11-15-6-8-19(26-4)20(10-15)28-18-9-7-17(12-16(18)13-29)23-22(25)14(2)3/h6-10,12,14,29H,5,11,13H2,1-4H3,(H,23,25). The number of benzene rings is 2. The van der Waals surface area contributed by atoms with Crippen LogP contribution < -0.4 is 14.8 Å².